The molecule has 0 heterocycles. The number of nitrogens with one attached hydrogen (secondary N) is 1. The van der Waals surface area contributed by atoms with Crippen LogP contribution in [0.25, 0.3) is 0 Å². The van der Waals surface area contributed by atoms with Crippen LogP contribution in [0.2, 0.25) is 0 Å². The molecular weight excluding hydrogens is 578 g/mol. The van der Waals surface area contributed by atoms with Crippen molar-refractivity contribution in [2.24, 2.45) is 0 Å². The lowest BCUT2D eigenvalue weighted by molar-refractivity contribution is -0.140. The molecule has 0 spiro atoms. The number of benzene rings is 3. The van der Waals surface area contributed by atoms with Crippen LogP contribution in [0, 0.1) is 6.92 Å². The van der Waals surface area contributed by atoms with Gasteiger partial charge in [-0.2, -0.15) is 0 Å². The van der Waals surface area contributed by atoms with E-state index < -0.39 is 28.5 Å². The third kappa shape index (κ3) is 8.66. The number of sulfonamides is 1. The second-order valence-electron chi connectivity index (χ2n) is 9.75. The average molecular weight is 615 g/mol. The van der Waals surface area contributed by atoms with Crippen molar-refractivity contribution < 1.29 is 18.0 Å². The Morgan fingerprint density at radius 3 is 2.13 bits per heavy atom. The first kappa shape index (κ1) is 30.4. The van der Waals surface area contributed by atoms with E-state index in [0.29, 0.717) is 10.2 Å². The first-order valence-corrected chi connectivity index (χ1v) is 15.5. The average Bonchev–Trinajstić information content (AvgIpc) is 2.90. The molecule has 3 aromatic carbocycles. The Balaban J connectivity index is 2.06. The van der Waals surface area contributed by atoms with E-state index in [0.717, 1.165) is 33.7 Å². The predicted octanol–water partition coefficient (Wildman–Crippen LogP) is 5.08. The molecule has 2 unspecified atom stereocenters. The van der Waals surface area contributed by atoms with Crippen LogP contribution >= 0.6 is 15.9 Å². The van der Waals surface area contributed by atoms with E-state index in [-0.39, 0.29) is 24.9 Å². The van der Waals surface area contributed by atoms with Crippen molar-refractivity contribution in [2.75, 3.05) is 17.1 Å². The summed E-state index contributed by atoms with van der Waals surface area (Å²) in [6, 6.07) is 23.2. The summed E-state index contributed by atoms with van der Waals surface area (Å²) in [5.74, 6) is -0.752. The van der Waals surface area contributed by atoms with Gasteiger partial charge in [-0.25, -0.2) is 8.42 Å². The normalized spacial score (nSPS) is 12.8. The Bertz CT molecular complexity index is 1360. The van der Waals surface area contributed by atoms with E-state index in [1.54, 1.807) is 24.3 Å². The Kier molecular flexibility index (Phi) is 10.7. The Hall–Kier alpha value is -3.17. The molecule has 0 saturated heterocycles. The maximum Gasteiger partial charge on any atom is 0.244 e. The number of carbonyl (C=O) groups is 2. The van der Waals surface area contributed by atoms with E-state index in [4.69, 9.17) is 0 Å². The zero-order valence-corrected chi connectivity index (χ0v) is 25.2. The summed E-state index contributed by atoms with van der Waals surface area (Å²) >= 11 is 3.41. The number of para-hydroxylation sites is 1. The first-order chi connectivity index (χ1) is 18.5. The highest BCUT2D eigenvalue weighted by Gasteiger charge is 2.33. The zero-order valence-electron chi connectivity index (χ0n) is 22.8. The first-order valence-electron chi connectivity index (χ1n) is 12.9. The lowest BCUT2D eigenvalue weighted by Gasteiger charge is -2.34. The van der Waals surface area contributed by atoms with Crippen molar-refractivity contribution in [2.45, 2.75) is 52.2 Å². The quantitative estimate of drug-likeness (QED) is 0.309. The molecule has 208 valence electrons. The van der Waals surface area contributed by atoms with E-state index >= 15 is 0 Å². The van der Waals surface area contributed by atoms with Gasteiger partial charge in [-0.3, -0.25) is 13.9 Å². The number of aryl methyl sites for hydroxylation is 1. The minimum atomic E-state index is -3.82. The smallest absolute Gasteiger partial charge is 0.244 e. The molecule has 3 rings (SSSR count). The summed E-state index contributed by atoms with van der Waals surface area (Å²) in [5.41, 5.74) is 3.17. The van der Waals surface area contributed by atoms with E-state index in [1.165, 1.54) is 4.90 Å². The monoisotopic (exact) mass is 613 g/mol. The fourth-order valence-electron chi connectivity index (χ4n) is 4.13. The van der Waals surface area contributed by atoms with Crippen LogP contribution in [0.5, 0.6) is 0 Å². The molecule has 3 aromatic rings. The Labute approximate surface area is 240 Å². The van der Waals surface area contributed by atoms with E-state index in [2.05, 4.69) is 21.2 Å². The zero-order chi connectivity index (χ0) is 28.6. The fourth-order valence-corrected chi connectivity index (χ4v) is 5.61. The van der Waals surface area contributed by atoms with Gasteiger partial charge in [-0.15, -0.1) is 0 Å². The van der Waals surface area contributed by atoms with Gasteiger partial charge in [0.1, 0.15) is 12.6 Å². The molecule has 0 saturated carbocycles. The minimum Gasteiger partial charge on any atom is -0.352 e. The van der Waals surface area contributed by atoms with Gasteiger partial charge in [0.05, 0.1) is 11.9 Å². The highest BCUT2D eigenvalue weighted by Crippen LogP contribution is 2.28. The molecule has 1 N–H and O–H groups in total. The molecule has 39 heavy (non-hydrogen) atoms. The largest absolute Gasteiger partial charge is 0.352 e. The van der Waals surface area contributed by atoms with Crippen LogP contribution in [-0.2, 0) is 32.6 Å². The molecule has 0 radical (unpaired) electrons. The van der Waals surface area contributed by atoms with Gasteiger partial charge >= 0.3 is 0 Å². The maximum atomic E-state index is 14.1. The van der Waals surface area contributed by atoms with Crippen LogP contribution in [0.4, 0.5) is 5.69 Å². The van der Waals surface area contributed by atoms with Gasteiger partial charge in [0.25, 0.3) is 0 Å². The number of anilines is 1. The van der Waals surface area contributed by atoms with Gasteiger partial charge in [-0.1, -0.05) is 79.2 Å². The van der Waals surface area contributed by atoms with Crippen LogP contribution in [0.3, 0.4) is 0 Å². The molecule has 9 heteroatoms. The third-order valence-corrected chi connectivity index (χ3v) is 8.34. The SMILES string of the molecule is CCC(C)NC(=O)C(Cc1ccccc1)N(Cc1ccc(C)cc1)C(=O)CN(c1ccccc1Br)S(C)(=O)=O. The minimum absolute atomic E-state index is 0.0834. The van der Waals surface area contributed by atoms with Crippen molar-refractivity contribution >= 4 is 43.5 Å². The highest BCUT2D eigenvalue weighted by molar-refractivity contribution is 9.10. The van der Waals surface area contributed by atoms with Crippen molar-refractivity contribution in [1.82, 2.24) is 10.2 Å². The van der Waals surface area contributed by atoms with Crippen molar-refractivity contribution in [1.29, 1.82) is 0 Å². The van der Waals surface area contributed by atoms with Crippen LogP contribution in [0.1, 0.15) is 37.0 Å². The second-order valence-corrected chi connectivity index (χ2v) is 12.5. The van der Waals surface area contributed by atoms with E-state index in [9.17, 15) is 18.0 Å². The summed E-state index contributed by atoms with van der Waals surface area (Å²) in [7, 11) is -3.82. The lowest BCUT2D eigenvalue weighted by atomic mass is 10.0. The topological polar surface area (TPSA) is 86.8 Å². The van der Waals surface area contributed by atoms with Gasteiger partial charge in [0.2, 0.25) is 21.8 Å². The number of halogens is 1. The molecular formula is C30H36BrN3O4S. The van der Waals surface area contributed by atoms with Crippen LogP contribution in [0.15, 0.2) is 83.3 Å². The van der Waals surface area contributed by atoms with Gasteiger partial charge in [0, 0.05) is 23.5 Å². The molecule has 0 aliphatic rings. The third-order valence-electron chi connectivity index (χ3n) is 6.55. The molecule has 7 nitrogen and oxygen atoms in total. The number of carbonyl (C=O) groups excluding carboxylic acids is 2. The maximum absolute atomic E-state index is 14.1. The van der Waals surface area contributed by atoms with Gasteiger partial charge in [0.15, 0.2) is 0 Å². The summed E-state index contributed by atoms with van der Waals surface area (Å²) in [6.45, 7) is 5.58. The number of hydrogen-bond donors (Lipinski definition) is 1. The van der Waals surface area contributed by atoms with Crippen LogP contribution < -0.4 is 9.62 Å². The molecule has 0 aliphatic heterocycles. The number of hydrogen-bond acceptors (Lipinski definition) is 4. The Morgan fingerprint density at radius 1 is 0.923 bits per heavy atom. The lowest BCUT2D eigenvalue weighted by Crippen LogP contribution is -2.54. The molecule has 0 aromatic heterocycles. The van der Waals surface area contributed by atoms with Gasteiger partial charge in [-0.05, 0) is 59.5 Å². The highest BCUT2D eigenvalue weighted by atomic mass is 79.9. The van der Waals surface area contributed by atoms with E-state index in [1.807, 2.05) is 75.4 Å². The number of amides is 2. The predicted molar refractivity (Wildman–Crippen MR) is 160 cm³/mol. The number of rotatable bonds is 12. The van der Waals surface area contributed by atoms with Crippen molar-refractivity contribution in [3.05, 3.63) is 100 Å². The van der Waals surface area contributed by atoms with Crippen LogP contribution in [-0.4, -0.2) is 50.0 Å². The standard InChI is InChI=1S/C30H36BrN3O4S/c1-5-23(3)32-30(36)28(19-24-11-7-6-8-12-24)33(20-25-17-15-22(2)16-18-25)29(35)21-34(39(4,37)38)27-14-10-9-13-26(27)31/h6-18,23,28H,5,19-21H2,1-4H3,(H,32,36). The van der Waals surface area contributed by atoms with Crippen molar-refractivity contribution in [3.63, 3.8) is 0 Å². The molecule has 2 amide bonds. The number of nitrogens with zero attached hydrogens (tertiary/aromatic N) is 2. The van der Waals surface area contributed by atoms with Crippen molar-refractivity contribution in [3.8, 4) is 0 Å². The summed E-state index contributed by atoms with van der Waals surface area (Å²) < 4.78 is 27.4. The summed E-state index contributed by atoms with van der Waals surface area (Å²) in [5, 5.41) is 3.03. The Morgan fingerprint density at radius 2 is 1.54 bits per heavy atom. The summed E-state index contributed by atoms with van der Waals surface area (Å²) in [6.07, 6.45) is 2.09. The second kappa shape index (κ2) is 13.8. The molecule has 0 fully saturated rings. The molecule has 2 atom stereocenters. The molecule has 0 bridgehead atoms. The van der Waals surface area contributed by atoms with Gasteiger partial charge < -0.3 is 10.2 Å². The fraction of sp³-hybridized carbons (Fsp3) is 0.333. The summed E-state index contributed by atoms with van der Waals surface area (Å²) in [4.78, 5) is 29.2. The molecule has 0 aliphatic carbocycles.